The molecule has 1 atom stereocenters. The Hall–Kier alpha value is -1.89. The van der Waals surface area contributed by atoms with Crippen molar-refractivity contribution in [1.29, 1.82) is 0 Å². The van der Waals surface area contributed by atoms with Gasteiger partial charge in [-0.25, -0.2) is 12.7 Å². The van der Waals surface area contributed by atoms with Crippen LogP contribution in [0.3, 0.4) is 0 Å². The first-order chi connectivity index (χ1) is 10.4. The molecule has 0 N–H and O–H groups in total. The van der Waals surface area contributed by atoms with Gasteiger partial charge in [-0.2, -0.15) is 0 Å². The summed E-state index contributed by atoms with van der Waals surface area (Å²) in [6.45, 7) is 3.12. The molecular weight excluding hydrogens is 304 g/mol. The summed E-state index contributed by atoms with van der Waals surface area (Å²) in [5.41, 5.74) is 0.815. The number of amides is 2. The van der Waals surface area contributed by atoms with Gasteiger partial charge in [0.05, 0.1) is 17.4 Å². The normalized spacial score (nSPS) is 24.0. The molecule has 0 aliphatic carbocycles. The lowest BCUT2D eigenvalue weighted by molar-refractivity contribution is -0.119. The Morgan fingerprint density at radius 2 is 1.73 bits per heavy atom. The second-order valence-corrected chi connectivity index (χ2v) is 7.69. The van der Waals surface area contributed by atoms with Crippen LogP contribution in [0.5, 0.6) is 0 Å². The number of anilines is 1. The molecule has 22 heavy (non-hydrogen) atoms. The monoisotopic (exact) mass is 322 g/mol. The first-order valence-corrected chi connectivity index (χ1v) is 8.97. The van der Waals surface area contributed by atoms with Crippen molar-refractivity contribution in [2.45, 2.75) is 19.8 Å². The van der Waals surface area contributed by atoms with Crippen LogP contribution in [-0.2, 0) is 14.8 Å². The number of hydrogen-bond donors (Lipinski definition) is 0. The predicted molar refractivity (Wildman–Crippen MR) is 82.0 cm³/mol. The average Bonchev–Trinajstić information content (AvgIpc) is 3.06. The van der Waals surface area contributed by atoms with Crippen LogP contribution >= 0.6 is 0 Å². The van der Waals surface area contributed by atoms with E-state index in [4.69, 9.17) is 0 Å². The number of carbonyl (C=O) groups is 2. The van der Waals surface area contributed by atoms with E-state index in [1.165, 1.54) is 12.1 Å². The topological polar surface area (TPSA) is 74.8 Å². The van der Waals surface area contributed by atoms with E-state index in [9.17, 15) is 18.0 Å². The first-order valence-electron chi connectivity index (χ1n) is 7.36. The zero-order chi connectivity index (χ0) is 15.9. The van der Waals surface area contributed by atoms with E-state index < -0.39 is 21.8 Å². The van der Waals surface area contributed by atoms with Crippen LogP contribution in [0.1, 0.15) is 30.1 Å². The van der Waals surface area contributed by atoms with Crippen molar-refractivity contribution in [2.24, 2.45) is 5.92 Å². The van der Waals surface area contributed by atoms with Crippen molar-refractivity contribution in [3.63, 3.8) is 0 Å². The quantitative estimate of drug-likeness (QED) is 0.821. The molecule has 0 unspecified atom stereocenters. The van der Waals surface area contributed by atoms with Gasteiger partial charge in [-0.05, 0) is 37.1 Å². The molecule has 0 bridgehead atoms. The Morgan fingerprint density at radius 3 is 2.23 bits per heavy atom. The van der Waals surface area contributed by atoms with Gasteiger partial charge in [-0.15, -0.1) is 0 Å². The van der Waals surface area contributed by atoms with Gasteiger partial charge in [0.2, 0.25) is 15.9 Å². The average molecular weight is 322 g/mol. The van der Waals surface area contributed by atoms with Crippen LogP contribution < -0.4 is 4.31 Å². The molecule has 2 heterocycles. The molecule has 0 aromatic heterocycles. The van der Waals surface area contributed by atoms with Crippen molar-refractivity contribution >= 4 is 27.5 Å². The van der Waals surface area contributed by atoms with Gasteiger partial charge >= 0.3 is 0 Å². The van der Waals surface area contributed by atoms with Gasteiger partial charge in [-0.1, -0.05) is 6.92 Å². The number of benzene rings is 1. The molecule has 0 radical (unpaired) electrons. The molecule has 118 valence electrons. The van der Waals surface area contributed by atoms with E-state index in [1.54, 1.807) is 24.0 Å². The van der Waals surface area contributed by atoms with Crippen LogP contribution in [0.15, 0.2) is 24.3 Å². The van der Waals surface area contributed by atoms with Crippen molar-refractivity contribution in [2.75, 3.05) is 23.1 Å². The number of nitrogens with zero attached hydrogens (tertiary/aromatic N) is 2. The lowest BCUT2D eigenvalue weighted by Gasteiger charge is -2.17. The third-order valence-corrected chi connectivity index (χ3v) is 5.97. The van der Waals surface area contributed by atoms with Crippen LogP contribution in [0, 0.1) is 5.92 Å². The lowest BCUT2D eigenvalue weighted by atomic mass is 10.1. The molecule has 6 nitrogen and oxygen atoms in total. The number of hydrogen-bond acceptors (Lipinski definition) is 4. The summed E-state index contributed by atoms with van der Waals surface area (Å²) in [6.07, 6.45) is 2.03. The highest BCUT2D eigenvalue weighted by molar-refractivity contribution is 7.94. The predicted octanol–water partition coefficient (Wildman–Crippen LogP) is 1.24. The number of sulfonamides is 1. The molecule has 2 amide bonds. The second-order valence-electron chi connectivity index (χ2n) is 5.83. The minimum absolute atomic E-state index is 0.0481. The second kappa shape index (κ2) is 5.39. The molecule has 2 fully saturated rings. The summed E-state index contributed by atoms with van der Waals surface area (Å²) in [4.78, 5) is 26.1. The molecule has 0 saturated carbocycles. The number of carbonyl (C=O) groups excluding carboxylic acids is 2. The molecule has 3 rings (SSSR count). The van der Waals surface area contributed by atoms with E-state index in [1.807, 2.05) is 0 Å². The molecule has 7 heteroatoms. The Balaban J connectivity index is 1.85. The van der Waals surface area contributed by atoms with E-state index in [0.717, 1.165) is 30.2 Å². The van der Waals surface area contributed by atoms with E-state index in [2.05, 4.69) is 0 Å². The third-order valence-electron chi connectivity index (χ3n) is 4.10. The summed E-state index contributed by atoms with van der Waals surface area (Å²) in [7, 11) is -3.60. The van der Waals surface area contributed by atoms with Crippen molar-refractivity contribution in [3.8, 4) is 0 Å². The van der Waals surface area contributed by atoms with E-state index in [0.29, 0.717) is 11.3 Å². The van der Waals surface area contributed by atoms with Gasteiger partial charge in [-0.3, -0.25) is 9.59 Å². The highest BCUT2D eigenvalue weighted by atomic mass is 32.2. The molecule has 1 aromatic carbocycles. The summed E-state index contributed by atoms with van der Waals surface area (Å²) in [5.74, 6) is -1.16. The van der Waals surface area contributed by atoms with Gasteiger partial charge in [0.1, 0.15) is 0 Å². The van der Waals surface area contributed by atoms with E-state index >= 15 is 0 Å². The third kappa shape index (κ3) is 2.49. The fourth-order valence-electron chi connectivity index (χ4n) is 2.93. The number of likely N-dealkylation sites (tertiary alicyclic amines) is 1. The first kappa shape index (κ1) is 15.0. The lowest BCUT2D eigenvalue weighted by Crippen LogP contribution is -2.30. The van der Waals surface area contributed by atoms with Crippen molar-refractivity contribution in [3.05, 3.63) is 29.8 Å². The Kier molecular flexibility index (Phi) is 3.68. The minimum Gasteiger partial charge on any atom is -0.339 e. The van der Waals surface area contributed by atoms with Gasteiger partial charge in [0.25, 0.3) is 5.91 Å². The fourth-order valence-corrected chi connectivity index (χ4v) is 4.75. The fraction of sp³-hybridized carbons (Fsp3) is 0.467. The van der Waals surface area contributed by atoms with Crippen LogP contribution in [-0.4, -0.2) is 44.0 Å². The number of rotatable bonds is 2. The zero-order valence-corrected chi connectivity index (χ0v) is 13.2. The summed E-state index contributed by atoms with van der Waals surface area (Å²) in [6, 6.07) is 6.22. The smallest absolute Gasteiger partial charge is 0.253 e. The summed E-state index contributed by atoms with van der Waals surface area (Å²) in [5, 5.41) is 0. The highest BCUT2D eigenvalue weighted by Crippen LogP contribution is 2.28. The Bertz CT molecular complexity index is 706. The molecule has 0 spiro atoms. The van der Waals surface area contributed by atoms with Gasteiger partial charge in [0.15, 0.2) is 0 Å². The zero-order valence-electron chi connectivity index (χ0n) is 12.4. The minimum atomic E-state index is -3.60. The highest BCUT2D eigenvalue weighted by Gasteiger charge is 2.41. The maximum atomic E-state index is 12.3. The molecule has 2 aliphatic heterocycles. The van der Waals surface area contributed by atoms with Gasteiger partial charge in [0, 0.05) is 18.7 Å². The maximum Gasteiger partial charge on any atom is 0.253 e. The van der Waals surface area contributed by atoms with E-state index in [-0.39, 0.29) is 11.7 Å². The maximum absolute atomic E-state index is 12.3. The SMILES string of the molecule is C[C@H]1CS(=O)(=O)N(c2ccc(C(=O)N3CCCC3)cc2)C1=O. The molecule has 2 aliphatic rings. The van der Waals surface area contributed by atoms with Crippen molar-refractivity contribution in [1.82, 2.24) is 4.90 Å². The van der Waals surface area contributed by atoms with Crippen LogP contribution in [0.4, 0.5) is 5.69 Å². The molecule has 1 aromatic rings. The Labute approximate surface area is 129 Å². The largest absolute Gasteiger partial charge is 0.339 e. The van der Waals surface area contributed by atoms with Gasteiger partial charge < -0.3 is 4.90 Å². The molecular formula is C15H18N2O4S. The standard InChI is InChI=1S/C15H18N2O4S/c1-11-10-22(20,21)17(14(11)18)13-6-4-12(5-7-13)15(19)16-8-2-3-9-16/h4-7,11H,2-3,8-10H2,1H3/t11-/m0/s1. The summed E-state index contributed by atoms with van der Waals surface area (Å²) < 4.78 is 24.9. The van der Waals surface area contributed by atoms with Crippen LogP contribution in [0.2, 0.25) is 0 Å². The van der Waals surface area contributed by atoms with Crippen LogP contribution in [0.25, 0.3) is 0 Å². The summed E-state index contributed by atoms with van der Waals surface area (Å²) >= 11 is 0. The Morgan fingerprint density at radius 1 is 1.14 bits per heavy atom. The molecule has 2 saturated heterocycles. The van der Waals surface area contributed by atoms with Crippen molar-refractivity contribution < 1.29 is 18.0 Å².